The van der Waals surface area contributed by atoms with Crippen LogP contribution in [0.4, 0.5) is 5.69 Å². The lowest BCUT2D eigenvalue weighted by molar-refractivity contribution is -0.128. The number of anilines is 1. The SMILES string of the molecule is Cc1cccc(N2CCN(C(=O)CSc3nccn3-c3ccc(C(C)C)cc3)CC2)c1. The third-order valence-corrected chi connectivity index (χ3v) is 6.72. The van der Waals surface area contributed by atoms with Crippen LogP contribution < -0.4 is 4.90 Å². The minimum Gasteiger partial charge on any atom is -0.368 e. The van der Waals surface area contributed by atoms with Gasteiger partial charge < -0.3 is 9.80 Å². The third kappa shape index (κ3) is 5.13. The molecule has 1 saturated heterocycles. The lowest BCUT2D eigenvalue weighted by Gasteiger charge is -2.36. The predicted molar refractivity (Wildman–Crippen MR) is 128 cm³/mol. The summed E-state index contributed by atoms with van der Waals surface area (Å²) in [7, 11) is 0. The van der Waals surface area contributed by atoms with Crippen molar-refractivity contribution in [1.82, 2.24) is 14.5 Å². The Morgan fingerprint density at radius 3 is 2.45 bits per heavy atom. The summed E-state index contributed by atoms with van der Waals surface area (Å²) in [6.45, 7) is 9.77. The summed E-state index contributed by atoms with van der Waals surface area (Å²) >= 11 is 1.51. The highest BCUT2D eigenvalue weighted by atomic mass is 32.2. The first kappa shape index (κ1) is 21.5. The maximum absolute atomic E-state index is 12.8. The number of carbonyl (C=O) groups is 1. The maximum Gasteiger partial charge on any atom is 0.233 e. The highest BCUT2D eigenvalue weighted by Gasteiger charge is 2.22. The van der Waals surface area contributed by atoms with E-state index in [0.29, 0.717) is 11.7 Å². The molecular weight excluding hydrogens is 404 g/mol. The van der Waals surface area contributed by atoms with Gasteiger partial charge in [-0.15, -0.1) is 0 Å². The highest BCUT2D eigenvalue weighted by Crippen LogP contribution is 2.23. The maximum atomic E-state index is 12.8. The molecule has 0 bridgehead atoms. The Balaban J connectivity index is 1.32. The van der Waals surface area contributed by atoms with Crippen LogP contribution in [0.25, 0.3) is 5.69 Å². The van der Waals surface area contributed by atoms with Gasteiger partial charge in [-0.1, -0.05) is 49.9 Å². The second-order valence-corrected chi connectivity index (χ2v) is 9.26. The number of rotatable bonds is 6. The molecule has 2 heterocycles. The number of aromatic nitrogens is 2. The number of amides is 1. The molecule has 0 atom stereocenters. The van der Waals surface area contributed by atoms with Crippen LogP contribution in [0.3, 0.4) is 0 Å². The van der Waals surface area contributed by atoms with Crippen LogP contribution in [-0.4, -0.2) is 52.3 Å². The molecule has 1 aliphatic heterocycles. The third-order valence-electron chi connectivity index (χ3n) is 5.77. The second-order valence-electron chi connectivity index (χ2n) is 8.32. The lowest BCUT2D eigenvalue weighted by atomic mass is 10.0. The molecule has 31 heavy (non-hydrogen) atoms. The van der Waals surface area contributed by atoms with E-state index in [2.05, 4.69) is 83.8 Å². The van der Waals surface area contributed by atoms with Gasteiger partial charge in [-0.05, 0) is 48.2 Å². The van der Waals surface area contributed by atoms with E-state index in [-0.39, 0.29) is 5.91 Å². The number of hydrogen-bond donors (Lipinski definition) is 0. The molecule has 1 amide bonds. The Morgan fingerprint density at radius 1 is 1.03 bits per heavy atom. The Kier molecular flexibility index (Phi) is 6.66. The molecule has 3 aromatic rings. The fourth-order valence-electron chi connectivity index (χ4n) is 3.87. The summed E-state index contributed by atoms with van der Waals surface area (Å²) < 4.78 is 2.05. The molecule has 1 aliphatic rings. The van der Waals surface area contributed by atoms with Crippen LogP contribution in [0.1, 0.15) is 30.9 Å². The topological polar surface area (TPSA) is 41.4 Å². The molecule has 6 heteroatoms. The summed E-state index contributed by atoms with van der Waals surface area (Å²) in [5.74, 6) is 1.10. The first-order chi connectivity index (χ1) is 15.0. The monoisotopic (exact) mass is 434 g/mol. The fourth-order valence-corrected chi connectivity index (χ4v) is 4.75. The molecule has 5 nitrogen and oxygen atoms in total. The molecule has 4 rings (SSSR count). The van der Waals surface area contributed by atoms with Crippen LogP contribution in [0, 0.1) is 6.92 Å². The van der Waals surface area contributed by atoms with Gasteiger partial charge >= 0.3 is 0 Å². The van der Waals surface area contributed by atoms with E-state index in [1.807, 2.05) is 11.1 Å². The zero-order chi connectivity index (χ0) is 21.8. The van der Waals surface area contributed by atoms with Crippen molar-refractivity contribution in [2.75, 3.05) is 36.8 Å². The van der Waals surface area contributed by atoms with Crippen molar-refractivity contribution in [3.05, 3.63) is 72.1 Å². The number of thioether (sulfide) groups is 1. The fraction of sp³-hybridized carbons (Fsp3) is 0.360. The standard InChI is InChI=1S/C25H30N4OS/c1-19(2)21-7-9-22(10-8-21)29-12-11-26-25(29)31-18-24(30)28-15-13-27(14-16-28)23-6-4-5-20(3)17-23/h4-12,17,19H,13-16,18H2,1-3H3. The van der Waals surface area contributed by atoms with E-state index in [4.69, 9.17) is 0 Å². The summed E-state index contributed by atoms with van der Waals surface area (Å²) in [6.07, 6.45) is 3.75. The molecule has 162 valence electrons. The number of carbonyl (C=O) groups excluding carboxylic acids is 1. The van der Waals surface area contributed by atoms with Gasteiger partial charge in [0.15, 0.2) is 5.16 Å². The van der Waals surface area contributed by atoms with Gasteiger partial charge in [0, 0.05) is 49.9 Å². The van der Waals surface area contributed by atoms with Crippen molar-refractivity contribution in [1.29, 1.82) is 0 Å². The zero-order valence-electron chi connectivity index (χ0n) is 18.5. The van der Waals surface area contributed by atoms with Crippen LogP contribution in [0.2, 0.25) is 0 Å². The minimum atomic E-state index is 0.179. The first-order valence-corrected chi connectivity index (χ1v) is 11.9. The molecule has 0 aliphatic carbocycles. The van der Waals surface area contributed by atoms with Crippen LogP contribution in [0.15, 0.2) is 66.1 Å². The number of aryl methyl sites for hydroxylation is 1. The Hall–Kier alpha value is -2.73. The summed E-state index contributed by atoms with van der Waals surface area (Å²) in [6, 6.07) is 17.1. The van der Waals surface area contributed by atoms with E-state index in [1.54, 1.807) is 6.20 Å². The average molecular weight is 435 g/mol. The molecule has 1 aromatic heterocycles. The summed E-state index contributed by atoms with van der Waals surface area (Å²) in [5, 5.41) is 0.851. The van der Waals surface area contributed by atoms with E-state index in [0.717, 1.165) is 37.0 Å². The van der Waals surface area contributed by atoms with Gasteiger partial charge in [-0.3, -0.25) is 9.36 Å². The highest BCUT2D eigenvalue weighted by molar-refractivity contribution is 7.99. The van der Waals surface area contributed by atoms with E-state index >= 15 is 0 Å². The molecule has 0 N–H and O–H groups in total. The van der Waals surface area contributed by atoms with Crippen LogP contribution >= 0.6 is 11.8 Å². The van der Waals surface area contributed by atoms with Crippen LogP contribution in [0.5, 0.6) is 0 Å². The molecule has 2 aromatic carbocycles. The van der Waals surface area contributed by atoms with Crippen molar-refractivity contribution in [2.24, 2.45) is 0 Å². The van der Waals surface area contributed by atoms with Gasteiger partial charge in [0.05, 0.1) is 5.75 Å². The smallest absolute Gasteiger partial charge is 0.233 e. The number of benzene rings is 2. The van der Waals surface area contributed by atoms with Crippen molar-refractivity contribution in [2.45, 2.75) is 31.8 Å². The number of nitrogens with zero attached hydrogens (tertiary/aromatic N) is 4. The van der Waals surface area contributed by atoms with Crippen LogP contribution in [-0.2, 0) is 4.79 Å². The molecule has 1 fully saturated rings. The van der Waals surface area contributed by atoms with E-state index < -0.39 is 0 Å². The molecular formula is C25H30N4OS. The van der Waals surface area contributed by atoms with Crippen molar-refractivity contribution >= 4 is 23.4 Å². The van der Waals surface area contributed by atoms with Gasteiger partial charge in [0.1, 0.15) is 0 Å². The van der Waals surface area contributed by atoms with Gasteiger partial charge in [-0.2, -0.15) is 0 Å². The summed E-state index contributed by atoms with van der Waals surface area (Å²) in [5.41, 5.74) is 4.90. The normalized spacial score (nSPS) is 14.3. The largest absolute Gasteiger partial charge is 0.368 e. The van der Waals surface area contributed by atoms with Crippen molar-refractivity contribution < 1.29 is 4.79 Å². The van der Waals surface area contributed by atoms with Gasteiger partial charge in [0.25, 0.3) is 0 Å². The predicted octanol–water partition coefficient (Wildman–Crippen LogP) is 4.75. The van der Waals surface area contributed by atoms with Crippen molar-refractivity contribution in [3.8, 4) is 5.69 Å². The number of imidazole rings is 1. The van der Waals surface area contributed by atoms with Crippen molar-refractivity contribution in [3.63, 3.8) is 0 Å². The second kappa shape index (κ2) is 9.60. The molecule has 0 radical (unpaired) electrons. The quantitative estimate of drug-likeness (QED) is 0.525. The first-order valence-electron chi connectivity index (χ1n) is 10.9. The van der Waals surface area contributed by atoms with Gasteiger partial charge in [0.2, 0.25) is 5.91 Å². The molecule has 0 saturated carbocycles. The van der Waals surface area contributed by atoms with E-state index in [9.17, 15) is 4.79 Å². The van der Waals surface area contributed by atoms with E-state index in [1.165, 1.54) is 28.6 Å². The zero-order valence-corrected chi connectivity index (χ0v) is 19.3. The van der Waals surface area contributed by atoms with Gasteiger partial charge in [-0.25, -0.2) is 4.98 Å². The Bertz CT molecular complexity index is 1020. The summed E-state index contributed by atoms with van der Waals surface area (Å²) in [4.78, 5) is 21.6. The Morgan fingerprint density at radius 2 is 1.77 bits per heavy atom. The minimum absolute atomic E-state index is 0.179. The lowest BCUT2D eigenvalue weighted by Crippen LogP contribution is -2.49. The molecule has 0 spiro atoms. The average Bonchev–Trinajstić information content (AvgIpc) is 3.26. The number of piperazine rings is 1. The Labute approximate surface area is 189 Å². The number of hydrogen-bond acceptors (Lipinski definition) is 4. The molecule has 0 unspecified atom stereocenters.